The van der Waals surface area contributed by atoms with Gasteiger partial charge in [-0.05, 0) is 33.2 Å². The molecule has 0 aliphatic carbocycles. The van der Waals surface area contributed by atoms with Crippen LogP contribution in [0.3, 0.4) is 0 Å². The molecule has 0 aromatic carbocycles. The molecule has 0 saturated carbocycles. The smallest absolute Gasteiger partial charge is 0.274 e. The van der Waals surface area contributed by atoms with Gasteiger partial charge in [0.25, 0.3) is 5.91 Å². The summed E-state index contributed by atoms with van der Waals surface area (Å²) in [5.74, 6) is -0.0256. The summed E-state index contributed by atoms with van der Waals surface area (Å²) in [6.45, 7) is 6.38. The molecule has 1 aliphatic rings. The number of aryl methyl sites for hydroxylation is 1. The fourth-order valence-electron chi connectivity index (χ4n) is 2.37. The molecule has 1 saturated heterocycles. The number of amides is 1. The van der Waals surface area contributed by atoms with Crippen molar-refractivity contribution in [2.45, 2.75) is 39.2 Å². The Morgan fingerprint density at radius 2 is 2.26 bits per heavy atom. The first-order valence-corrected chi connectivity index (χ1v) is 7.02. The summed E-state index contributed by atoms with van der Waals surface area (Å²) in [7, 11) is 0. The maximum atomic E-state index is 12.4. The largest absolute Gasteiger partial charge is 0.336 e. The minimum Gasteiger partial charge on any atom is -0.336 e. The molecule has 5 nitrogen and oxygen atoms in total. The first-order chi connectivity index (χ1) is 9.20. The minimum atomic E-state index is -0.0256. The Morgan fingerprint density at radius 3 is 2.84 bits per heavy atom. The Morgan fingerprint density at radius 1 is 1.42 bits per heavy atom. The fraction of sp³-hybridized carbons (Fsp3) is 0.643. The molecule has 1 atom stereocenters. The van der Waals surface area contributed by atoms with E-state index in [1.807, 2.05) is 18.7 Å². The van der Waals surface area contributed by atoms with E-state index in [1.54, 1.807) is 12.4 Å². The van der Waals surface area contributed by atoms with Crippen LogP contribution in [0.1, 0.15) is 42.4 Å². The summed E-state index contributed by atoms with van der Waals surface area (Å²) in [6.07, 6.45) is 6.83. The van der Waals surface area contributed by atoms with Gasteiger partial charge in [-0.25, -0.2) is 4.98 Å². The van der Waals surface area contributed by atoms with Crippen LogP contribution in [-0.2, 0) is 0 Å². The van der Waals surface area contributed by atoms with E-state index in [9.17, 15) is 4.79 Å². The van der Waals surface area contributed by atoms with Gasteiger partial charge in [-0.3, -0.25) is 9.78 Å². The van der Waals surface area contributed by atoms with Gasteiger partial charge in [0.1, 0.15) is 5.69 Å². The predicted octanol–water partition coefficient (Wildman–Crippen LogP) is 1.39. The molecule has 1 aromatic rings. The molecular weight excluding hydrogens is 240 g/mol. The molecule has 2 rings (SSSR count). The first kappa shape index (κ1) is 13.9. The van der Waals surface area contributed by atoms with Gasteiger partial charge in [0, 0.05) is 25.3 Å². The van der Waals surface area contributed by atoms with E-state index in [1.165, 1.54) is 12.8 Å². The lowest BCUT2D eigenvalue weighted by molar-refractivity contribution is 0.0735. The molecule has 0 radical (unpaired) electrons. The minimum absolute atomic E-state index is 0.0256. The van der Waals surface area contributed by atoms with Crippen LogP contribution in [0.5, 0.6) is 0 Å². The van der Waals surface area contributed by atoms with Gasteiger partial charge in [-0.2, -0.15) is 0 Å². The van der Waals surface area contributed by atoms with E-state index in [-0.39, 0.29) is 5.91 Å². The lowest BCUT2D eigenvalue weighted by Gasteiger charge is -2.29. The number of carbonyl (C=O) groups excluding carboxylic acids is 1. The third-order valence-corrected chi connectivity index (χ3v) is 3.52. The average molecular weight is 262 g/mol. The quantitative estimate of drug-likeness (QED) is 0.891. The standard InChI is InChI=1S/C14H22N4O/c1-3-18(10-12-6-4-5-7-15-12)14(19)13-9-16-11(2)8-17-13/h8-9,12,15H,3-7,10H2,1-2H3. The molecule has 1 aliphatic heterocycles. The molecule has 0 bridgehead atoms. The molecule has 1 N–H and O–H groups in total. The molecule has 104 valence electrons. The topological polar surface area (TPSA) is 58.1 Å². The molecular formula is C14H22N4O. The van der Waals surface area contributed by atoms with Crippen molar-refractivity contribution in [3.8, 4) is 0 Å². The zero-order valence-corrected chi connectivity index (χ0v) is 11.7. The zero-order valence-electron chi connectivity index (χ0n) is 11.7. The van der Waals surface area contributed by atoms with Gasteiger partial charge >= 0.3 is 0 Å². The van der Waals surface area contributed by atoms with Crippen LogP contribution in [0.25, 0.3) is 0 Å². The van der Waals surface area contributed by atoms with Crippen LogP contribution in [0.4, 0.5) is 0 Å². The number of nitrogens with zero attached hydrogens (tertiary/aromatic N) is 3. The van der Waals surface area contributed by atoms with E-state index in [0.29, 0.717) is 18.3 Å². The number of hydrogen-bond acceptors (Lipinski definition) is 4. The number of carbonyl (C=O) groups is 1. The van der Waals surface area contributed by atoms with Gasteiger partial charge in [-0.15, -0.1) is 0 Å². The van der Waals surface area contributed by atoms with Crippen LogP contribution >= 0.6 is 0 Å². The Balaban J connectivity index is 1.99. The van der Waals surface area contributed by atoms with Crippen molar-refractivity contribution in [1.82, 2.24) is 20.2 Å². The van der Waals surface area contributed by atoms with Crippen LogP contribution in [0.15, 0.2) is 12.4 Å². The molecule has 1 amide bonds. The highest BCUT2D eigenvalue weighted by molar-refractivity contribution is 5.92. The monoisotopic (exact) mass is 262 g/mol. The van der Waals surface area contributed by atoms with Crippen molar-refractivity contribution in [2.24, 2.45) is 0 Å². The summed E-state index contributed by atoms with van der Waals surface area (Å²) in [6, 6.07) is 0.413. The van der Waals surface area contributed by atoms with E-state index >= 15 is 0 Å². The highest BCUT2D eigenvalue weighted by Crippen LogP contribution is 2.10. The summed E-state index contributed by atoms with van der Waals surface area (Å²) in [4.78, 5) is 22.5. The normalized spacial score (nSPS) is 19.2. The van der Waals surface area contributed by atoms with Crippen LogP contribution in [-0.4, -0.2) is 46.5 Å². The Kier molecular flexibility index (Phi) is 4.85. The first-order valence-electron chi connectivity index (χ1n) is 7.02. The van der Waals surface area contributed by atoms with Gasteiger partial charge in [-0.1, -0.05) is 6.42 Å². The Hall–Kier alpha value is -1.49. The summed E-state index contributed by atoms with van der Waals surface area (Å²) >= 11 is 0. The van der Waals surface area contributed by atoms with Crippen LogP contribution < -0.4 is 5.32 Å². The second kappa shape index (κ2) is 6.61. The lowest BCUT2D eigenvalue weighted by atomic mass is 10.0. The summed E-state index contributed by atoms with van der Waals surface area (Å²) in [5, 5.41) is 3.47. The highest BCUT2D eigenvalue weighted by Gasteiger charge is 2.21. The number of piperidine rings is 1. The second-order valence-corrected chi connectivity index (χ2v) is 5.03. The van der Waals surface area contributed by atoms with Crippen molar-refractivity contribution < 1.29 is 4.79 Å². The molecule has 5 heteroatoms. The highest BCUT2D eigenvalue weighted by atomic mass is 16.2. The van der Waals surface area contributed by atoms with Crippen molar-refractivity contribution in [3.63, 3.8) is 0 Å². The second-order valence-electron chi connectivity index (χ2n) is 5.03. The van der Waals surface area contributed by atoms with Crippen LogP contribution in [0, 0.1) is 6.92 Å². The lowest BCUT2D eigenvalue weighted by Crippen LogP contribution is -2.45. The van der Waals surface area contributed by atoms with Gasteiger partial charge < -0.3 is 10.2 Å². The van der Waals surface area contributed by atoms with Gasteiger partial charge in [0.05, 0.1) is 11.9 Å². The average Bonchev–Trinajstić information content (AvgIpc) is 2.46. The van der Waals surface area contributed by atoms with Gasteiger partial charge in [0.2, 0.25) is 0 Å². The van der Waals surface area contributed by atoms with Crippen LogP contribution in [0.2, 0.25) is 0 Å². The number of likely N-dealkylation sites (N-methyl/N-ethyl adjacent to an activating group) is 1. The molecule has 1 aromatic heterocycles. The molecule has 0 spiro atoms. The predicted molar refractivity (Wildman–Crippen MR) is 74.0 cm³/mol. The Labute approximate surface area is 114 Å². The SMILES string of the molecule is CCN(CC1CCCCN1)C(=O)c1cnc(C)cn1. The van der Waals surface area contributed by atoms with E-state index in [0.717, 1.165) is 25.2 Å². The molecule has 1 unspecified atom stereocenters. The van der Waals surface area contributed by atoms with E-state index in [4.69, 9.17) is 0 Å². The summed E-state index contributed by atoms with van der Waals surface area (Å²) in [5.41, 5.74) is 1.26. The maximum Gasteiger partial charge on any atom is 0.274 e. The molecule has 2 heterocycles. The fourth-order valence-corrected chi connectivity index (χ4v) is 2.37. The number of hydrogen-bond donors (Lipinski definition) is 1. The number of rotatable bonds is 4. The molecule has 1 fully saturated rings. The van der Waals surface area contributed by atoms with Gasteiger partial charge in [0.15, 0.2) is 0 Å². The zero-order chi connectivity index (χ0) is 13.7. The van der Waals surface area contributed by atoms with Crippen molar-refractivity contribution in [2.75, 3.05) is 19.6 Å². The summed E-state index contributed by atoms with van der Waals surface area (Å²) < 4.78 is 0. The number of aromatic nitrogens is 2. The van der Waals surface area contributed by atoms with Crippen molar-refractivity contribution in [1.29, 1.82) is 0 Å². The molecule has 19 heavy (non-hydrogen) atoms. The van der Waals surface area contributed by atoms with Crippen molar-refractivity contribution in [3.05, 3.63) is 23.8 Å². The Bertz CT molecular complexity index is 412. The van der Waals surface area contributed by atoms with E-state index in [2.05, 4.69) is 15.3 Å². The number of nitrogens with one attached hydrogen (secondary N) is 1. The third-order valence-electron chi connectivity index (χ3n) is 3.52. The van der Waals surface area contributed by atoms with E-state index < -0.39 is 0 Å². The third kappa shape index (κ3) is 3.73. The maximum absolute atomic E-state index is 12.4. The van der Waals surface area contributed by atoms with Crippen molar-refractivity contribution >= 4 is 5.91 Å².